The SMILES string of the molecule is Nc1nc2c(ncn2[C@@H]2OC3COP(=O)(S)O[C@H]4[C@@H](O)[C@H](n5cnc6c(N)ncnc65)O[C@@H]4COP(=O)(S)O[C@H]3[C@H]2O)c(=O)[nH]1. The van der Waals surface area contributed by atoms with Crippen molar-refractivity contribution in [1.82, 2.24) is 39.0 Å². The van der Waals surface area contributed by atoms with Crippen molar-refractivity contribution in [2.45, 2.75) is 49.1 Å². The molecule has 45 heavy (non-hydrogen) atoms. The molecule has 0 saturated carbocycles. The second-order valence-corrected chi connectivity index (χ2v) is 15.9. The van der Waals surface area contributed by atoms with Gasteiger partial charge in [-0.1, -0.05) is 24.5 Å². The van der Waals surface area contributed by atoms with Gasteiger partial charge in [0.2, 0.25) is 5.95 Å². The third-order valence-electron chi connectivity index (χ3n) is 7.32. The van der Waals surface area contributed by atoms with Gasteiger partial charge in [-0.2, -0.15) is 4.98 Å². The van der Waals surface area contributed by atoms with E-state index in [2.05, 4.69) is 54.4 Å². The number of thiol groups is 2. The van der Waals surface area contributed by atoms with Gasteiger partial charge in [0.1, 0.15) is 48.5 Å². The molecule has 10 atom stereocenters. The van der Waals surface area contributed by atoms with Crippen LogP contribution in [-0.2, 0) is 36.7 Å². The third kappa shape index (κ3) is 5.55. The molecule has 0 bridgehead atoms. The van der Waals surface area contributed by atoms with E-state index in [1.807, 2.05) is 0 Å². The van der Waals surface area contributed by atoms with Crippen molar-refractivity contribution in [2.24, 2.45) is 0 Å². The van der Waals surface area contributed by atoms with E-state index in [1.54, 1.807) is 0 Å². The normalized spacial score (nSPS) is 37.7. The van der Waals surface area contributed by atoms with Gasteiger partial charge < -0.3 is 31.2 Å². The fourth-order valence-electron chi connectivity index (χ4n) is 5.32. The largest absolute Gasteiger partial charge is 0.386 e. The first-order valence-electron chi connectivity index (χ1n) is 13.0. The number of imidazole rings is 2. The van der Waals surface area contributed by atoms with Gasteiger partial charge in [-0.15, -0.1) is 0 Å². The van der Waals surface area contributed by atoms with E-state index < -0.39 is 81.4 Å². The predicted octanol–water partition coefficient (Wildman–Crippen LogP) is -0.467. The number of nitrogens with two attached hydrogens (primary N) is 2. The summed E-state index contributed by atoms with van der Waals surface area (Å²) >= 11 is 8.12. The maximum Gasteiger partial charge on any atom is 0.386 e. The Morgan fingerprint density at radius 1 is 0.844 bits per heavy atom. The number of aliphatic hydroxyl groups excluding tert-OH is 2. The van der Waals surface area contributed by atoms with Crippen molar-refractivity contribution < 1.29 is 46.9 Å². The maximum absolute atomic E-state index is 13.4. The number of nitrogen functional groups attached to an aromatic ring is 2. The molecule has 7 N–H and O–H groups in total. The van der Waals surface area contributed by atoms with E-state index in [0.717, 1.165) is 0 Å². The molecule has 0 amide bonds. The minimum absolute atomic E-state index is 0.0274. The predicted molar refractivity (Wildman–Crippen MR) is 157 cm³/mol. The number of hydrogen-bond acceptors (Lipinski definition) is 18. The molecule has 4 aromatic heterocycles. The number of hydrogen-bond donors (Lipinski definition) is 7. The summed E-state index contributed by atoms with van der Waals surface area (Å²) in [6.07, 6.45) is -7.35. The number of fused-ring (bicyclic) bond motifs is 4. The number of ether oxygens (including phenoxy) is 2. The Kier molecular flexibility index (Phi) is 7.74. The number of aliphatic hydroxyl groups is 2. The van der Waals surface area contributed by atoms with Gasteiger partial charge in [0.05, 0.1) is 25.9 Å². The molecule has 0 radical (unpaired) electrons. The fraction of sp³-hybridized carbons (Fsp3) is 0.500. The Labute approximate surface area is 260 Å². The van der Waals surface area contributed by atoms with Gasteiger partial charge >= 0.3 is 13.6 Å². The zero-order chi connectivity index (χ0) is 31.8. The smallest absolute Gasteiger partial charge is 0.386 e. The lowest BCUT2D eigenvalue weighted by Gasteiger charge is -2.28. The quantitative estimate of drug-likeness (QED) is 0.102. The molecule has 0 aromatic carbocycles. The summed E-state index contributed by atoms with van der Waals surface area (Å²) in [6.45, 7) is -9.78. The molecule has 25 heteroatoms. The number of aromatic nitrogens is 8. The van der Waals surface area contributed by atoms with Crippen LogP contribution in [0.4, 0.5) is 11.8 Å². The Morgan fingerprint density at radius 3 is 1.96 bits per heavy atom. The summed E-state index contributed by atoms with van der Waals surface area (Å²) in [5.74, 6) is -0.128. The van der Waals surface area contributed by atoms with Crippen LogP contribution in [0.5, 0.6) is 0 Å². The van der Waals surface area contributed by atoms with Crippen LogP contribution in [0.15, 0.2) is 23.8 Å². The van der Waals surface area contributed by atoms with Crippen LogP contribution in [0.2, 0.25) is 0 Å². The Bertz CT molecular complexity index is 1940. The van der Waals surface area contributed by atoms with Crippen molar-refractivity contribution in [3.8, 4) is 0 Å². The molecule has 4 aromatic rings. The molecular formula is C20H24N10O11P2S2. The molecule has 7 heterocycles. The molecule has 3 unspecified atom stereocenters. The van der Waals surface area contributed by atoms with Crippen molar-refractivity contribution in [3.63, 3.8) is 0 Å². The molecule has 0 aliphatic carbocycles. The number of nitrogens with zero attached hydrogens (tertiary/aromatic N) is 7. The van der Waals surface area contributed by atoms with Crippen molar-refractivity contribution in [2.75, 3.05) is 24.7 Å². The summed E-state index contributed by atoms with van der Waals surface area (Å²) in [5.41, 5.74) is 11.2. The Balaban J connectivity index is 1.17. The lowest BCUT2D eigenvalue weighted by molar-refractivity contribution is -0.0561. The average Bonchev–Trinajstić information content (AvgIpc) is 3.72. The summed E-state index contributed by atoms with van der Waals surface area (Å²) < 4.78 is 63.5. The van der Waals surface area contributed by atoms with E-state index in [-0.39, 0.29) is 34.1 Å². The Hall–Kier alpha value is -2.66. The van der Waals surface area contributed by atoms with E-state index in [9.17, 15) is 24.1 Å². The molecular weight excluding hydrogens is 682 g/mol. The van der Waals surface area contributed by atoms with Crippen LogP contribution < -0.4 is 17.0 Å². The van der Waals surface area contributed by atoms with Gasteiger partial charge in [0.15, 0.2) is 35.1 Å². The topological polar surface area (TPSA) is 289 Å². The number of aromatic amines is 1. The summed E-state index contributed by atoms with van der Waals surface area (Å²) in [5, 5.41) is 22.5. The zero-order valence-corrected chi connectivity index (χ0v) is 26.0. The molecule has 0 spiro atoms. The van der Waals surface area contributed by atoms with Crippen molar-refractivity contribution >= 4 is 72.2 Å². The highest BCUT2D eigenvalue weighted by atomic mass is 32.7. The molecule has 21 nitrogen and oxygen atoms in total. The minimum atomic E-state index is -4.32. The standard InChI is InChI=1S/C20H24N10O11P2S2/c21-14-8-15(24-3-23-14)29(4-25-8)18-10(31)12-6(38-18)1-36-43(35,45)41-13-7(2-37-42(34,44)40-12)39-19(11(13)32)30-5-26-9-16(30)27-20(22)28-17(9)33/h3-7,10-13,18-19,31-32H,1-2H2,(H,34,44)(H,35,45)(H2,21,23,24)(H3,22,27,28,33)/t6-,7?,10-,11-,12-,13-,18-,19-,42?,43?/m1/s1. The second-order valence-electron chi connectivity index (χ2n) is 10.1. The Morgan fingerprint density at radius 2 is 1.38 bits per heavy atom. The minimum Gasteiger partial charge on any atom is -0.386 e. The first kappa shape index (κ1) is 31.0. The van der Waals surface area contributed by atoms with Crippen LogP contribution in [0, 0.1) is 0 Å². The van der Waals surface area contributed by atoms with E-state index >= 15 is 0 Å². The lowest BCUT2D eigenvalue weighted by atomic mass is 10.1. The highest BCUT2D eigenvalue weighted by Gasteiger charge is 2.53. The van der Waals surface area contributed by atoms with Gasteiger partial charge in [0, 0.05) is 0 Å². The summed E-state index contributed by atoms with van der Waals surface area (Å²) in [7, 11) is 0. The van der Waals surface area contributed by atoms with Crippen LogP contribution in [0.3, 0.4) is 0 Å². The van der Waals surface area contributed by atoms with Crippen LogP contribution in [0.25, 0.3) is 22.3 Å². The zero-order valence-electron chi connectivity index (χ0n) is 22.4. The number of rotatable bonds is 2. The molecule has 7 rings (SSSR count). The lowest BCUT2D eigenvalue weighted by Crippen LogP contribution is -2.38. The second kappa shape index (κ2) is 11.2. The molecule has 3 aliphatic rings. The maximum atomic E-state index is 13.4. The number of anilines is 2. The first-order valence-corrected chi connectivity index (χ1v) is 18.3. The highest BCUT2D eigenvalue weighted by Crippen LogP contribution is 2.60. The van der Waals surface area contributed by atoms with E-state index in [4.69, 9.17) is 39.0 Å². The van der Waals surface area contributed by atoms with Gasteiger partial charge in [-0.05, 0) is 0 Å². The van der Waals surface area contributed by atoms with Gasteiger partial charge in [-0.3, -0.25) is 37.0 Å². The number of nitrogens with one attached hydrogen (secondary N) is 1. The average molecular weight is 707 g/mol. The summed E-state index contributed by atoms with van der Waals surface area (Å²) in [4.78, 5) is 34.8. The molecule has 3 aliphatic heterocycles. The summed E-state index contributed by atoms with van der Waals surface area (Å²) in [6, 6.07) is 0. The highest BCUT2D eigenvalue weighted by molar-refractivity contribution is 8.44. The third-order valence-corrected chi connectivity index (χ3v) is 10.5. The monoisotopic (exact) mass is 706 g/mol. The fourth-order valence-corrected chi connectivity index (χ4v) is 8.30. The van der Waals surface area contributed by atoms with Crippen molar-refractivity contribution in [1.29, 1.82) is 0 Å². The van der Waals surface area contributed by atoms with E-state index in [1.165, 1.54) is 28.1 Å². The van der Waals surface area contributed by atoms with Crippen LogP contribution >= 0.6 is 38.1 Å². The molecule has 3 saturated heterocycles. The first-order chi connectivity index (χ1) is 21.3. The van der Waals surface area contributed by atoms with Gasteiger partial charge in [0.25, 0.3) is 5.56 Å². The van der Waals surface area contributed by atoms with Crippen LogP contribution in [0.1, 0.15) is 12.5 Å². The molecule has 3 fully saturated rings. The molecule has 242 valence electrons. The number of H-pyrrole nitrogens is 1. The van der Waals surface area contributed by atoms with Gasteiger partial charge in [-0.25, -0.2) is 29.1 Å². The van der Waals surface area contributed by atoms with Crippen molar-refractivity contribution in [3.05, 3.63) is 29.3 Å². The van der Waals surface area contributed by atoms with Crippen LogP contribution in [-0.4, -0.2) is 99.1 Å². The van der Waals surface area contributed by atoms with E-state index in [0.29, 0.717) is 0 Å².